The summed E-state index contributed by atoms with van der Waals surface area (Å²) in [6.07, 6.45) is 0. The Morgan fingerprint density at radius 2 is 2.00 bits per heavy atom. The molecular formula is C12H11Br2NO. The molecule has 1 N–H and O–H groups in total. The SMILES string of the molecule is Cc1ccc(Br)c(NCc2ccc(Br)o2)c1. The fraction of sp³-hybridized carbons (Fsp3) is 0.167. The average Bonchev–Trinajstić information content (AvgIpc) is 2.66. The summed E-state index contributed by atoms with van der Waals surface area (Å²) in [5.41, 5.74) is 2.30. The molecule has 0 aliphatic carbocycles. The van der Waals surface area contributed by atoms with Crippen molar-refractivity contribution in [3.8, 4) is 0 Å². The van der Waals surface area contributed by atoms with Crippen molar-refractivity contribution in [1.29, 1.82) is 0 Å². The highest BCUT2D eigenvalue weighted by molar-refractivity contribution is 9.10. The quantitative estimate of drug-likeness (QED) is 0.871. The third kappa shape index (κ3) is 2.89. The Balaban J connectivity index is 2.07. The molecule has 16 heavy (non-hydrogen) atoms. The van der Waals surface area contributed by atoms with Gasteiger partial charge < -0.3 is 9.73 Å². The van der Waals surface area contributed by atoms with Crippen molar-refractivity contribution in [3.05, 3.63) is 50.8 Å². The van der Waals surface area contributed by atoms with Crippen molar-refractivity contribution in [3.63, 3.8) is 0 Å². The Kier molecular flexibility index (Phi) is 3.71. The molecule has 0 spiro atoms. The molecule has 0 aliphatic heterocycles. The van der Waals surface area contributed by atoms with Gasteiger partial charge in [-0.05, 0) is 68.6 Å². The van der Waals surface area contributed by atoms with Gasteiger partial charge in [-0.2, -0.15) is 0 Å². The van der Waals surface area contributed by atoms with Crippen LogP contribution >= 0.6 is 31.9 Å². The van der Waals surface area contributed by atoms with Gasteiger partial charge in [0.25, 0.3) is 0 Å². The largest absolute Gasteiger partial charge is 0.452 e. The average molecular weight is 345 g/mol. The molecule has 1 aromatic heterocycles. The second-order valence-corrected chi connectivity index (χ2v) is 5.18. The summed E-state index contributed by atoms with van der Waals surface area (Å²) in [5.74, 6) is 0.903. The van der Waals surface area contributed by atoms with E-state index in [0.29, 0.717) is 6.54 Å². The third-order valence-electron chi connectivity index (χ3n) is 2.20. The van der Waals surface area contributed by atoms with E-state index in [-0.39, 0.29) is 0 Å². The van der Waals surface area contributed by atoms with Crippen LogP contribution in [0.2, 0.25) is 0 Å². The Labute approximate surface area is 111 Å². The summed E-state index contributed by atoms with van der Waals surface area (Å²) >= 11 is 6.79. The molecule has 84 valence electrons. The molecule has 2 aromatic rings. The van der Waals surface area contributed by atoms with E-state index in [1.54, 1.807) is 0 Å². The molecule has 0 unspecified atom stereocenters. The number of hydrogen-bond donors (Lipinski definition) is 1. The van der Waals surface area contributed by atoms with Crippen LogP contribution in [0.5, 0.6) is 0 Å². The number of aryl methyl sites for hydroxylation is 1. The van der Waals surface area contributed by atoms with Gasteiger partial charge in [-0.25, -0.2) is 0 Å². The van der Waals surface area contributed by atoms with E-state index in [4.69, 9.17) is 4.42 Å². The maximum absolute atomic E-state index is 5.41. The minimum absolute atomic E-state index is 0.674. The molecule has 0 atom stereocenters. The second-order valence-electron chi connectivity index (χ2n) is 3.54. The number of anilines is 1. The highest BCUT2D eigenvalue weighted by Gasteiger charge is 2.02. The van der Waals surface area contributed by atoms with Gasteiger partial charge >= 0.3 is 0 Å². The molecular weight excluding hydrogens is 334 g/mol. The van der Waals surface area contributed by atoms with E-state index in [0.717, 1.165) is 20.6 Å². The maximum Gasteiger partial charge on any atom is 0.169 e. The zero-order valence-electron chi connectivity index (χ0n) is 8.76. The van der Waals surface area contributed by atoms with Crippen LogP contribution in [0.1, 0.15) is 11.3 Å². The van der Waals surface area contributed by atoms with Gasteiger partial charge in [0, 0.05) is 10.2 Å². The van der Waals surface area contributed by atoms with E-state index in [1.165, 1.54) is 5.56 Å². The van der Waals surface area contributed by atoms with Crippen molar-refractivity contribution in [1.82, 2.24) is 0 Å². The molecule has 0 amide bonds. The fourth-order valence-corrected chi connectivity index (χ4v) is 2.13. The monoisotopic (exact) mass is 343 g/mol. The van der Waals surface area contributed by atoms with Crippen molar-refractivity contribution in [2.45, 2.75) is 13.5 Å². The van der Waals surface area contributed by atoms with Crippen LogP contribution in [-0.2, 0) is 6.54 Å². The predicted molar refractivity (Wildman–Crippen MR) is 72.6 cm³/mol. The van der Waals surface area contributed by atoms with Crippen LogP contribution < -0.4 is 5.32 Å². The van der Waals surface area contributed by atoms with Crippen molar-refractivity contribution in [2.24, 2.45) is 0 Å². The zero-order chi connectivity index (χ0) is 11.5. The lowest BCUT2D eigenvalue weighted by Crippen LogP contribution is -1.99. The van der Waals surface area contributed by atoms with Crippen molar-refractivity contribution < 1.29 is 4.42 Å². The number of nitrogens with one attached hydrogen (secondary N) is 1. The molecule has 0 aliphatic rings. The normalized spacial score (nSPS) is 10.4. The number of rotatable bonds is 3. The first-order valence-corrected chi connectivity index (χ1v) is 6.48. The number of hydrogen-bond acceptors (Lipinski definition) is 2. The second kappa shape index (κ2) is 5.06. The lowest BCUT2D eigenvalue weighted by molar-refractivity contribution is 0.495. The number of halogens is 2. The van der Waals surface area contributed by atoms with Gasteiger partial charge in [0.1, 0.15) is 5.76 Å². The summed E-state index contributed by atoms with van der Waals surface area (Å²) in [5, 5.41) is 3.32. The van der Waals surface area contributed by atoms with E-state index in [1.807, 2.05) is 18.2 Å². The Bertz CT molecular complexity index is 494. The molecule has 2 nitrogen and oxygen atoms in total. The van der Waals surface area contributed by atoms with Crippen LogP contribution in [0.25, 0.3) is 0 Å². The highest BCUT2D eigenvalue weighted by atomic mass is 79.9. The van der Waals surface area contributed by atoms with Crippen LogP contribution in [0.15, 0.2) is 43.9 Å². The molecule has 0 saturated heterocycles. The number of furan rings is 1. The first-order chi connectivity index (χ1) is 7.65. The number of benzene rings is 1. The van der Waals surface area contributed by atoms with Crippen molar-refractivity contribution in [2.75, 3.05) is 5.32 Å². The van der Waals surface area contributed by atoms with Crippen LogP contribution in [0.4, 0.5) is 5.69 Å². The van der Waals surface area contributed by atoms with Crippen LogP contribution in [0.3, 0.4) is 0 Å². The molecule has 0 saturated carbocycles. The summed E-state index contributed by atoms with van der Waals surface area (Å²) in [6.45, 7) is 2.74. The van der Waals surface area contributed by atoms with Gasteiger partial charge in [0.2, 0.25) is 0 Å². The molecule has 0 bridgehead atoms. The van der Waals surface area contributed by atoms with Gasteiger partial charge in [0.05, 0.1) is 6.54 Å². The molecule has 4 heteroatoms. The minimum atomic E-state index is 0.674. The lowest BCUT2D eigenvalue weighted by atomic mass is 10.2. The topological polar surface area (TPSA) is 25.2 Å². The summed E-state index contributed by atoms with van der Waals surface area (Å²) in [7, 11) is 0. The van der Waals surface area contributed by atoms with Gasteiger partial charge in [0.15, 0.2) is 4.67 Å². The van der Waals surface area contributed by atoms with Gasteiger partial charge in [-0.15, -0.1) is 0 Å². The fourth-order valence-electron chi connectivity index (χ4n) is 1.40. The summed E-state index contributed by atoms with van der Waals surface area (Å²) in [6, 6.07) is 10.0. The first kappa shape index (κ1) is 11.7. The smallest absolute Gasteiger partial charge is 0.169 e. The van der Waals surface area contributed by atoms with Crippen LogP contribution in [0, 0.1) is 6.92 Å². The molecule has 1 heterocycles. The predicted octanol–water partition coefficient (Wildman–Crippen LogP) is 4.73. The maximum atomic E-state index is 5.41. The molecule has 2 rings (SSSR count). The molecule has 0 fully saturated rings. The van der Waals surface area contributed by atoms with E-state index in [2.05, 4.69) is 56.2 Å². The van der Waals surface area contributed by atoms with E-state index < -0.39 is 0 Å². The molecule has 1 aromatic carbocycles. The Morgan fingerprint density at radius 3 is 2.69 bits per heavy atom. The standard InChI is InChI=1S/C12H11Br2NO/c1-8-2-4-10(13)11(6-8)15-7-9-3-5-12(14)16-9/h2-6,15H,7H2,1H3. The third-order valence-corrected chi connectivity index (χ3v) is 3.32. The Hall–Kier alpha value is -0.740. The lowest BCUT2D eigenvalue weighted by Gasteiger charge is -2.07. The Morgan fingerprint density at radius 1 is 1.19 bits per heavy atom. The summed E-state index contributed by atoms with van der Waals surface area (Å²) in [4.78, 5) is 0. The summed E-state index contributed by atoms with van der Waals surface area (Å²) < 4.78 is 7.23. The van der Waals surface area contributed by atoms with E-state index in [9.17, 15) is 0 Å². The molecule has 0 radical (unpaired) electrons. The highest BCUT2D eigenvalue weighted by Crippen LogP contribution is 2.24. The van der Waals surface area contributed by atoms with Gasteiger partial charge in [-0.1, -0.05) is 6.07 Å². The van der Waals surface area contributed by atoms with Crippen molar-refractivity contribution >= 4 is 37.5 Å². The van der Waals surface area contributed by atoms with E-state index >= 15 is 0 Å². The minimum Gasteiger partial charge on any atom is -0.452 e. The van der Waals surface area contributed by atoms with Crippen LogP contribution in [-0.4, -0.2) is 0 Å². The zero-order valence-corrected chi connectivity index (χ0v) is 11.9. The van der Waals surface area contributed by atoms with Gasteiger partial charge in [-0.3, -0.25) is 0 Å². The first-order valence-electron chi connectivity index (χ1n) is 4.89.